The number of nitriles is 1. The second kappa shape index (κ2) is 5.32. The molecule has 2 rings (SSSR count). The van der Waals surface area contributed by atoms with E-state index in [2.05, 4.69) is 11.2 Å². The topological polar surface area (TPSA) is 45.4 Å². The van der Waals surface area contributed by atoms with E-state index in [9.17, 15) is 0 Å². The molecule has 0 heterocycles. The van der Waals surface area contributed by atoms with Crippen molar-refractivity contribution < 1.29 is 4.84 Å². The summed E-state index contributed by atoms with van der Waals surface area (Å²) in [5.41, 5.74) is 1.54. The van der Waals surface area contributed by atoms with E-state index < -0.39 is 0 Å². The first-order valence-electron chi connectivity index (χ1n) is 5.58. The van der Waals surface area contributed by atoms with Crippen LogP contribution in [-0.4, -0.2) is 12.3 Å². The van der Waals surface area contributed by atoms with Crippen LogP contribution in [0.1, 0.15) is 36.8 Å². The zero-order valence-corrected chi connectivity index (χ0v) is 9.10. The van der Waals surface area contributed by atoms with Crippen molar-refractivity contribution in [3.8, 4) is 6.07 Å². The van der Waals surface area contributed by atoms with E-state index >= 15 is 0 Å². The lowest BCUT2D eigenvalue weighted by Gasteiger charge is -2.05. The molecule has 82 valence electrons. The van der Waals surface area contributed by atoms with Crippen LogP contribution in [-0.2, 0) is 4.84 Å². The second-order valence-electron chi connectivity index (χ2n) is 3.98. The Balaban J connectivity index is 1.92. The molecule has 3 nitrogen and oxygen atoms in total. The van der Waals surface area contributed by atoms with Crippen LogP contribution in [0.4, 0.5) is 0 Å². The smallest absolute Gasteiger partial charge is 0.127 e. The van der Waals surface area contributed by atoms with E-state index in [0.717, 1.165) is 18.4 Å². The quantitative estimate of drug-likeness (QED) is 0.573. The molecule has 0 unspecified atom stereocenters. The van der Waals surface area contributed by atoms with Gasteiger partial charge in [-0.25, -0.2) is 0 Å². The number of nitrogens with zero attached hydrogens (tertiary/aromatic N) is 2. The van der Waals surface area contributed by atoms with Crippen LogP contribution in [0, 0.1) is 11.3 Å². The maximum absolute atomic E-state index is 8.73. The van der Waals surface area contributed by atoms with Crippen molar-refractivity contribution >= 4 is 6.21 Å². The fourth-order valence-electron chi connectivity index (χ4n) is 1.86. The summed E-state index contributed by atoms with van der Waals surface area (Å²) in [6.45, 7) is 0. The minimum Gasteiger partial charge on any atom is -0.393 e. The predicted molar refractivity (Wildman–Crippen MR) is 62.1 cm³/mol. The van der Waals surface area contributed by atoms with Crippen LogP contribution in [0.25, 0.3) is 0 Å². The molecule has 0 aromatic heterocycles. The summed E-state index contributed by atoms with van der Waals surface area (Å²) in [4.78, 5) is 5.37. The van der Waals surface area contributed by atoms with Gasteiger partial charge in [-0.2, -0.15) is 5.26 Å². The summed E-state index contributed by atoms with van der Waals surface area (Å²) in [6.07, 6.45) is 6.65. The number of oxime groups is 1. The van der Waals surface area contributed by atoms with Gasteiger partial charge in [0.25, 0.3) is 0 Å². The van der Waals surface area contributed by atoms with Crippen LogP contribution >= 0.6 is 0 Å². The van der Waals surface area contributed by atoms with Crippen molar-refractivity contribution in [1.82, 2.24) is 0 Å². The SMILES string of the molecule is N#Cc1cccc(C=NOC2CCCC2)c1. The molecule has 1 aliphatic rings. The maximum Gasteiger partial charge on any atom is 0.127 e. The third-order valence-corrected chi connectivity index (χ3v) is 2.73. The Kier molecular flexibility index (Phi) is 3.55. The molecule has 0 amide bonds. The molecule has 1 aromatic carbocycles. The molecule has 1 saturated carbocycles. The van der Waals surface area contributed by atoms with E-state index in [1.54, 1.807) is 18.3 Å². The Hall–Kier alpha value is -1.82. The first kappa shape index (κ1) is 10.7. The normalized spacial score (nSPS) is 16.4. The number of rotatable bonds is 3. The highest BCUT2D eigenvalue weighted by Gasteiger charge is 2.15. The molecule has 0 bridgehead atoms. The largest absolute Gasteiger partial charge is 0.393 e. The maximum atomic E-state index is 8.73. The van der Waals surface area contributed by atoms with Crippen molar-refractivity contribution in [2.24, 2.45) is 5.16 Å². The van der Waals surface area contributed by atoms with Gasteiger partial charge in [-0.3, -0.25) is 0 Å². The predicted octanol–water partition coefficient (Wildman–Crippen LogP) is 2.85. The number of hydrogen-bond donors (Lipinski definition) is 0. The van der Waals surface area contributed by atoms with Crippen LogP contribution < -0.4 is 0 Å². The molecule has 16 heavy (non-hydrogen) atoms. The summed E-state index contributed by atoms with van der Waals surface area (Å²) in [6, 6.07) is 9.41. The summed E-state index contributed by atoms with van der Waals surface area (Å²) >= 11 is 0. The molecule has 0 aliphatic heterocycles. The van der Waals surface area contributed by atoms with Gasteiger partial charge in [0, 0.05) is 0 Å². The zero-order valence-electron chi connectivity index (χ0n) is 9.10. The molecule has 1 aliphatic carbocycles. The van der Waals surface area contributed by atoms with E-state index in [1.807, 2.05) is 12.1 Å². The number of hydrogen-bond acceptors (Lipinski definition) is 3. The highest BCUT2D eigenvalue weighted by molar-refractivity contribution is 5.79. The standard InChI is InChI=1S/C13H14N2O/c14-9-11-4-3-5-12(8-11)10-15-16-13-6-1-2-7-13/h3-5,8,10,13H,1-2,6-7H2. The molecule has 0 radical (unpaired) electrons. The van der Waals surface area contributed by atoms with Gasteiger partial charge in [-0.15, -0.1) is 0 Å². The van der Waals surface area contributed by atoms with E-state index in [0.29, 0.717) is 5.56 Å². The first-order chi connectivity index (χ1) is 7.88. The lowest BCUT2D eigenvalue weighted by atomic mass is 10.1. The summed E-state index contributed by atoms with van der Waals surface area (Å²) in [5, 5.41) is 12.7. The third-order valence-electron chi connectivity index (χ3n) is 2.73. The minimum absolute atomic E-state index is 0.287. The molecule has 0 N–H and O–H groups in total. The first-order valence-corrected chi connectivity index (χ1v) is 5.58. The van der Waals surface area contributed by atoms with Crippen molar-refractivity contribution in [3.63, 3.8) is 0 Å². The Bertz CT molecular complexity index is 414. The van der Waals surface area contributed by atoms with Gasteiger partial charge in [-0.05, 0) is 43.4 Å². The van der Waals surface area contributed by atoms with E-state index in [4.69, 9.17) is 10.1 Å². The Morgan fingerprint density at radius 3 is 2.94 bits per heavy atom. The van der Waals surface area contributed by atoms with Gasteiger partial charge in [0.15, 0.2) is 0 Å². The van der Waals surface area contributed by atoms with E-state index in [-0.39, 0.29) is 6.10 Å². The second-order valence-corrected chi connectivity index (χ2v) is 3.98. The number of benzene rings is 1. The van der Waals surface area contributed by atoms with Crippen molar-refractivity contribution in [2.45, 2.75) is 31.8 Å². The van der Waals surface area contributed by atoms with E-state index in [1.165, 1.54) is 12.8 Å². The molecule has 0 spiro atoms. The summed E-state index contributed by atoms with van der Waals surface area (Å²) in [7, 11) is 0. The average molecular weight is 214 g/mol. The molecular weight excluding hydrogens is 200 g/mol. The molecule has 1 fully saturated rings. The highest BCUT2D eigenvalue weighted by Crippen LogP contribution is 2.20. The summed E-state index contributed by atoms with van der Waals surface area (Å²) < 4.78 is 0. The Labute approximate surface area is 95.3 Å². The monoisotopic (exact) mass is 214 g/mol. The van der Waals surface area contributed by atoms with Gasteiger partial charge in [0.05, 0.1) is 17.8 Å². The fourth-order valence-corrected chi connectivity index (χ4v) is 1.86. The Morgan fingerprint density at radius 1 is 1.38 bits per heavy atom. The molecule has 0 saturated heterocycles. The van der Waals surface area contributed by atoms with Crippen LogP contribution in [0.2, 0.25) is 0 Å². The van der Waals surface area contributed by atoms with Crippen LogP contribution in [0.5, 0.6) is 0 Å². The zero-order chi connectivity index (χ0) is 11.2. The van der Waals surface area contributed by atoms with Crippen molar-refractivity contribution in [2.75, 3.05) is 0 Å². The lowest BCUT2D eigenvalue weighted by Crippen LogP contribution is -2.02. The molecule has 1 aromatic rings. The fraction of sp³-hybridized carbons (Fsp3) is 0.385. The lowest BCUT2D eigenvalue weighted by molar-refractivity contribution is 0.0657. The molecule has 0 atom stereocenters. The van der Waals surface area contributed by atoms with Gasteiger partial charge in [0.2, 0.25) is 0 Å². The van der Waals surface area contributed by atoms with Crippen LogP contribution in [0.3, 0.4) is 0 Å². The minimum atomic E-state index is 0.287. The van der Waals surface area contributed by atoms with Gasteiger partial charge < -0.3 is 4.84 Å². The summed E-state index contributed by atoms with van der Waals surface area (Å²) in [5.74, 6) is 0. The molecule has 3 heteroatoms. The van der Waals surface area contributed by atoms with Crippen molar-refractivity contribution in [3.05, 3.63) is 35.4 Å². The van der Waals surface area contributed by atoms with Gasteiger partial charge >= 0.3 is 0 Å². The van der Waals surface area contributed by atoms with Gasteiger partial charge in [-0.1, -0.05) is 17.3 Å². The van der Waals surface area contributed by atoms with Crippen molar-refractivity contribution in [1.29, 1.82) is 5.26 Å². The van der Waals surface area contributed by atoms with Gasteiger partial charge in [0.1, 0.15) is 6.10 Å². The van der Waals surface area contributed by atoms with Crippen LogP contribution in [0.15, 0.2) is 29.4 Å². The third kappa shape index (κ3) is 2.83. The Morgan fingerprint density at radius 2 is 2.19 bits per heavy atom. The highest BCUT2D eigenvalue weighted by atomic mass is 16.6. The average Bonchev–Trinajstić information content (AvgIpc) is 2.82. The molecular formula is C13H14N2O.